The van der Waals surface area contributed by atoms with E-state index in [1.54, 1.807) is 19.0 Å². The van der Waals surface area contributed by atoms with Crippen molar-refractivity contribution in [3.05, 3.63) is 6.54 Å². The Morgan fingerprint density at radius 1 is 1.50 bits per heavy atom. The Balaban J connectivity index is 2.81. The number of carbonyl (C=O) groups excluding carboxylic acids is 1. The molecule has 0 aromatic rings. The van der Waals surface area contributed by atoms with Crippen molar-refractivity contribution in [2.24, 2.45) is 0 Å². The van der Waals surface area contributed by atoms with Crippen molar-refractivity contribution >= 4 is 6.29 Å². The Morgan fingerprint density at radius 2 is 2.00 bits per heavy atom. The highest BCUT2D eigenvalue weighted by Crippen LogP contribution is 1.70. The number of carbonyl (C=O) groups is 1. The minimum absolute atomic E-state index is 0.750. The van der Waals surface area contributed by atoms with Crippen molar-refractivity contribution in [1.82, 2.24) is 4.90 Å². The lowest BCUT2D eigenvalue weighted by Crippen LogP contribution is -2.06. The summed E-state index contributed by atoms with van der Waals surface area (Å²) < 4.78 is 0. The van der Waals surface area contributed by atoms with Gasteiger partial charge in [-0.05, 0) is 14.1 Å². The zero-order chi connectivity index (χ0) is 4.99. The van der Waals surface area contributed by atoms with Gasteiger partial charge < -0.3 is 4.79 Å². The smallest absolute Gasteiger partial charge is 0.139 e. The largest absolute Gasteiger partial charge is 0.302 e. The highest BCUT2D eigenvalue weighted by molar-refractivity contribution is 5.59. The molecule has 0 saturated carbocycles. The molecular weight excluding hydrogens is 78.0 g/mol. The molecule has 0 saturated heterocycles. The zero-order valence-electron chi connectivity index (χ0n) is 4.01. The Kier molecular flexibility index (Phi) is 2.67. The SMILES string of the molecule is CN(C)[CH]C=O. The van der Waals surface area contributed by atoms with Crippen molar-refractivity contribution in [3.63, 3.8) is 0 Å². The Morgan fingerprint density at radius 3 is 2.00 bits per heavy atom. The van der Waals surface area contributed by atoms with Gasteiger partial charge in [0.25, 0.3) is 0 Å². The number of nitrogens with zero attached hydrogens (tertiary/aromatic N) is 1. The normalized spacial score (nSPS) is 9.17. The quantitative estimate of drug-likeness (QED) is 0.438. The summed E-state index contributed by atoms with van der Waals surface area (Å²) in [6.45, 7) is 1.44. The standard InChI is InChI=1S/C4H8NO/c1-5(2)3-4-6/h3-4H,1-2H3. The van der Waals surface area contributed by atoms with E-state index in [1.807, 2.05) is 0 Å². The van der Waals surface area contributed by atoms with Crippen molar-refractivity contribution in [1.29, 1.82) is 0 Å². The lowest BCUT2D eigenvalue weighted by molar-refractivity contribution is -0.106. The van der Waals surface area contributed by atoms with E-state index in [4.69, 9.17) is 0 Å². The van der Waals surface area contributed by atoms with Gasteiger partial charge in [0.1, 0.15) is 6.29 Å². The maximum atomic E-state index is 9.52. The third kappa shape index (κ3) is 3.63. The fraction of sp³-hybridized carbons (Fsp3) is 0.500. The number of aldehydes is 1. The topological polar surface area (TPSA) is 20.3 Å². The Hall–Kier alpha value is -0.370. The number of rotatable bonds is 2. The Bertz CT molecular complexity index is 42.8. The van der Waals surface area contributed by atoms with Gasteiger partial charge in [0.05, 0.1) is 6.54 Å². The van der Waals surface area contributed by atoms with Crippen molar-refractivity contribution < 1.29 is 4.79 Å². The van der Waals surface area contributed by atoms with Crippen LogP contribution in [0.25, 0.3) is 0 Å². The second-order valence-corrected chi connectivity index (χ2v) is 1.25. The van der Waals surface area contributed by atoms with Gasteiger partial charge in [-0.2, -0.15) is 0 Å². The van der Waals surface area contributed by atoms with E-state index in [0.717, 1.165) is 6.29 Å². The van der Waals surface area contributed by atoms with Gasteiger partial charge in [0, 0.05) is 0 Å². The summed E-state index contributed by atoms with van der Waals surface area (Å²) in [5, 5.41) is 0. The minimum Gasteiger partial charge on any atom is -0.302 e. The van der Waals surface area contributed by atoms with Crippen LogP contribution in [0.3, 0.4) is 0 Å². The van der Waals surface area contributed by atoms with Crippen LogP contribution in [-0.4, -0.2) is 25.3 Å². The molecular formula is C4H8NO. The van der Waals surface area contributed by atoms with Crippen LogP contribution >= 0.6 is 0 Å². The van der Waals surface area contributed by atoms with Crippen LogP contribution in [0.1, 0.15) is 0 Å². The van der Waals surface area contributed by atoms with E-state index in [0.29, 0.717) is 0 Å². The first-order valence-electron chi connectivity index (χ1n) is 1.72. The fourth-order valence-corrected chi connectivity index (χ4v) is 0.122. The van der Waals surface area contributed by atoms with E-state index in [-0.39, 0.29) is 0 Å². The summed E-state index contributed by atoms with van der Waals surface area (Å²) in [4.78, 5) is 11.2. The van der Waals surface area contributed by atoms with E-state index >= 15 is 0 Å². The van der Waals surface area contributed by atoms with Gasteiger partial charge in [0.2, 0.25) is 0 Å². The molecule has 0 amide bonds. The number of likely N-dealkylation sites (N-methyl/N-ethyl adjacent to an activating group) is 1. The van der Waals surface area contributed by atoms with Crippen LogP contribution in [0.2, 0.25) is 0 Å². The summed E-state index contributed by atoms with van der Waals surface area (Å²) in [5.41, 5.74) is 0. The molecule has 35 valence electrons. The highest BCUT2D eigenvalue weighted by atomic mass is 16.1. The van der Waals surface area contributed by atoms with E-state index in [2.05, 4.69) is 0 Å². The Labute approximate surface area is 37.8 Å². The monoisotopic (exact) mass is 86.1 g/mol. The molecule has 0 spiro atoms. The molecule has 0 aliphatic heterocycles. The van der Waals surface area contributed by atoms with Crippen LogP contribution in [0.15, 0.2) is 0 Å². The molecule has 0 aliphatic carbocycles. The molecule has 0 unspecified atom stereocenters. The third-order valence-corrected chi connectivity index (χ3v) is 0.359. The summed E-state index contributed by atoms with van der Waals surface area (Å²) in [7, 11) is 3.60. The minimum atomic E-state index is 0.750. The van der Waals surface area contributed by atoms with Crippen molar-refractivity contribution in [2.75, 3.05) is 14.1 Å². The van der Waals surface area contributed by atoms with Crippen LogP contribution < -0.4 is 0 Å². The molecule has 0 N–H and O–H groups in total. The van der Waals surface area contributed by atoms with E-state index in [1.165, 1.54) is 6.54 Å². The average molecular weight is 86.1 g/mol. The van der Waals surface area contributed by atoms with Crippen molar-refractivity contribution in [3.8, 4) is 0 Å². The molecule has 0 aromatic heterocycles. The third-order valence-electron chi connectivity index (χ3n) is 0.359. The van der Waals surface area contributed by atoms with E-state index in [9.17, 15) is 4.79 Å². The second-order valence-electron chi connectivity index (χ2n) is 1.25. The second kappa shape index (κ2) is 2.85. The van der Waals surface area contributed by atoms with Crippen molar-refractivity contribution in [2.45, 2.75) is 0 Å². The molecule has 0 aliphatic rings. The lowest BCUT2D eigenvalue weighted by Gasteiger charge is -1.98. The van der Waals surface area contributed by atoms with E-state index < -0.39 is 0 Å². The first-order chi connectivity index (χ1) is 2.77. The maximum Gasteiger partial charge on any atom is 0.139 e. The van der Waals surface area contributed by atoms with Crippen LogP contribution in [0.4, 0.5) is 0 Å². The van der Waals surface area contributed by atoms with Gasteiger partial charge in [0.15, 0.2) is 0 Å². The fourth-order valence-electron chi connectivity index (χ4n) is 0.122. The van der Waals surface area contributed by atoms with Gasteiger partial charge in [-0.3, -0.25) is 4.90 Å². The molecule has 0 heterocycles. The summed E-state index contributed by atoms with van der Waals surface area (Å²) in [6.07, 6.45) is 0.750. The van der Waals surface area contributed by atoms with Gasteiger partial charge >= 0.3 is 0 Å². The van der Waals surface area contributed by atoms with Gasteiger partial charge in [-0.1, -0.05) is 0 Å². The first kappa shape index (κ1) is 5.63. The molecule has 0 atom stereocenters. The molecule has 2 nitrogen and oxygen atoms in total. The summed E-state index contributed by atoms with van der Waals surface area (Å²) in [6, 6.07) is 0. The lowest BCUT2D eigenvalue weighted by atomic mass is 10.7. The van der Waals surface area contributed by atoms with Crippen LogP contribution in [0, 0.1) is 6.54 Å². The number of hydrogen-bond donors (Lipinski definition) is 0. The summed E-state index contributed by atoms with van der Waals surface area (Å²) in [5.74, 6) is 0. The summed E-state index contributed by atoms with van der Waals surface area (Å²) >= 11 is 0. The molecule has 0 fully saturated rings. The maximum absolute atomic E-state index is 9.52. The predicted octanol–water partition coefficient (Wildman–Crippen LogP) is -0.0913. The molecule has 6 heavy (non-hydrogen) atoms. The molecule has 1 radical (unpaired) electrons. The zero-order valence-corrected chi connectivity index (χ0v) is 4.01. The van der Waals surface area contributed by atoms with Crippen LogP contribution in [0.5, 0.6) is 0 Å². The highest BCUT2D eigenvalue weighted by Gasteiger charge is 1.80. The molecule has 0 bridgehead atoms. The predicted molar refractivity (Wildman–Crippen MR) is 24.1 cm³/mol. The molecule has 0 rings (SSSR count). The first-order valence-corrected chi connectivity index (χ1v) is 1.72. The molecule has 0 aromatic carbocycles. The average Bonchev–Trinajstić information content (AvgIpc) is 1.35. The van der Waals surface area contributed by atoms with Crippen LogP contribution in [-0.2, 0) is 4.79 Å². The molecule has 2 heteroatoms. The van der Waals surface area contributed by atoms with Gasteiger partial charge in [-0.15, -0.1) is 0 Å². The number of hydrogen-bond acceptors (Lipinski definition) is 2. The van der Waals surface area contributed by atoms with Gasteiger partial charge in [-0.25, -0.2) is 0 Å².